The minimum Gasteiger partial charge on any atom is -0.373 e. The molecule has 0 spiro atoms. The van der Waals surface area contributed by atoms with E-state index in [1.165, 1.54) is 6.07 Å². The predicted molar refractivity (Wildman–Crippen MR) is 66.5 cm³/mol. The van der Waals surface area contributed by atoms with E-state index in [9.17, 15) is 10.1 Å². The summed E-state index contributed by atoms with van der Waals surface area (Å²) in [6, 6.07) is 3.49. The van der Waals surface area contributed by atoms with Gasteiger partial charge in [0, 0.05) is 19.6 Å². The van der Waals surface area contributed by atoms with Crippen LogP contribution in [0.2, 0.25) is 0 Å². The first-order valence-electron chi connectivity index (χ1n) is 5.76. The van der Waals surface area contributed by atoms with Crippen molar-refractivity contribution >= 4 is 17.3 Å². The van der Waals surface area contributed by atoms with Crippen molar-refractivity contribution in [2.24, 2.45) is 0 Å². The molecule has 17 heavy (non-hydrogen) atoms. The number of hydrogen-bond acceptors (Lipinski definition) is 5. The van der Waals surface area contributed by atoms with Gasteiger partial charge in [-0.2, -0.15) is 0 Å². The minimum atomic E-state index is -0.382. The molecular formula is C11H16N4O2. The maximum Gasteiger partial charge on any atom is 0.276 e. The fraction of sp³-hybridized carbons (Fsp3) is 0.545. The van der Waals surface area contributed by atoms with E-state index in [1.807, 2.05) is 6.92 Å². The summed E-state index contributed by atoms with van der Waals surface area (Å²) in [6.07, 6.45) is 2.29. The Balaban J connectivity index is 2.37. The van der Waals surface area contributed by atoms with Crippen LogP contribution >= 0.6 is 0 Å². The predicted octanol–water partition coefficient (Wildman–Crippen LogP) is 2.02. The molecule has 1 fully saturated rings. The van der Waals surface area contributed by atoms with Gasteiger partial charge in [0.25, 0.3) is 5.69 Å². The standard InChI is InChI=1S/C11H16N4O2/c1-3-14(8-4-5-8)11-7-9(15(16)17)6-10(12-2)13-11/h6-8H,3-5H2,1-2H3,(H,12,13). The zero-order chi connectivity index (χ0) is 12.4. The molecule has 0 bridgehead atoms. The van der Waals surface area contributed by atoms with Crippen molar-refractivity contribution in [2.75, 3.05) is 23.8 Å². The van der Waals surface area contributed by atoms with E-state index < -0.39 is 0 Å². The van der Waals surface area contributed by atoms with Crippen LogP contribution in [0, 0.1) is 10.1 Å². The Morgan fingerprint density at radius 2 is 2.29 bits per heavy atom. The Kier molecular flexibility index (Phi) is 3.12. The van der Waals surface area contributed by atoms with Crippen LogP contribution in [-0.2, 0) is 0 Å². The summed E-state index contributed by atoms with van der Waals surface area (Å²) in [6.45, 7) is 2.86. The van der Waals surface area contributed by atoms with Gasteiger partial charge in [-0.05, 0) is 19.8 Å². The second-order valence-electron chi connectivity index (χ2n) is 4.09. The quantitative estimate of drug-likeness (QED) is 0.625. The average Bonchev–Trinajstić information content (AvgIpc) is 3.14. The van der Waals surface area contributed by atoms with Crippen molar-refractivity contribution in [1.29, 1.82) is 0 Å². The van der Waals surface area contributed by atoms with E-state index in [-0.39, 0.29) is 10.6 Å². The first-order chi connectivity index (χ1) is 8.15. The van der Waals surface area contributed by atoms with Gasteiger partial charge in [-0.3, -0.25) is 10.1 Å². The van der Waals surface area contributed by atoms with E-state index >= 15 is 0 Å². The first kappa shape index (κ1) is 11.6. The SMILES string of the molecule is CCN(c1cc([N+](=O)[O-])cc(NC)n1)C1CC1. The lowest BCUT2D eigenvalue weighted by Crippen LogP contribution is -2.26. The highest BCUT2D eigenvalue weighted by atomic mass is 16.6. The second-order valence-corrected chi connectivity index (χ2v) is 4.09. The van der Waals surface area contributed by atoms with E-state index in [4.69, 9.17) is 0 Å². The first-order valence-corrected chi connectivity index (χ1v) is 5.76. The Hall–Kier alpha value is -1.85. The minimum absolute atomic E-state index is 0.0819. The van der Waals surface area contributed by atoms with Crippen molar-refractivity contribution < 1.29 is 4.92 Å². The van der Waals surface area contributed by atoms with Crippen LogP contribution in [0.1, 0.15) is 19.8 Å². The molecule has 1 N–H and O–H groups in total. The third-order valence-corrected chi connectivity index (χ3v) is 2.89. The molecule has 1 aliphatic carbocycles. The normalized spacial score (nSPS) is 14.5. The van der Waals surface area contributed by atoms with Crippen molar-refractivity contribution in [3.05, 3.63) is 22.2 Å². The van der Waals surface area contributed by atoms with Gasteiger partial charge in [0.05, 0.1) is 17.1 Å². The van der Waals surface area contributed by atoms with Crippen LogP contribution in [0.15, 0.2) is 12.1 Å². The smallest absolute Gasteiger partial charge is 0.276 e. The van der Waals surface area contributed by atoms with Gasteiger partial charge in [-0.25, -0.2) is 4.98 Å². The summed E-state index contributed by atoms with van der Waals surface area (Å²) in [7, 11) is 1.71. The highest BCUT2D eigenvalue weighted by Gasteiger charge is 2.30. The third-order valence-electron chi connectivity index (χ3n) is 2.89. The molecule has 2 rings (SSSR count). The third kappa shape index (κ3) is 2.46. The monoisotopic (exact) mass is 236 g/mol. The number of nitrogens with one attached hydrogen (secondary N) is 1. The molecule has 0 amide bonds. The number of anilines is 2. The topological polar surface area (TPSA) is 71.3 Å². The van der Waals surface area contributed by atoms with Gasteiger partial charge in [0.15, 0.2) is 0 Å². The Morgan fingerprint density at radius 3 is 2.76 bits per heavy atom. The maximum absolute atomic E-state index is 10.8. The molecule has 1 heterocycles. The summed E-state index contributed by atoms with van der Waals surface area (Å²) in [5, 5.41) is 13.7. The lowest BCUT2D eigenvalue weighted by molar-refractivity contribution is -0.384. The molecule has 0 aromatic carbocycles. The van der Waals surface area contributed by atoms with Crippen LogP contribution in [0.25, 0.3) is 0 Å². The molecule has 0 aliphatic heterocycles. The molecule has 0 unspecified atom stereocenters. The average molecular weight is 236 g/mol. The molecule has 6 heteroatoms. The molecule has 0 saturated heterocycles. The van der Waals surface area contributed by atoms with Crippen molar-refractivity contribution in [3.8, 4) is 0 Å². The Bertz CT molecular complexity index is 431. The molecule has 1 aliphatic rings. The molecule has 1 aromatic rings. The number of nitro groups is 1. The van der Waals surface area contributed by atoms with Crippen LogP contribution in [0.3, 0.4) is 0 Å². The van der Waals surface area contributed by atoms with Gasteiger partial charge in [-0.1, -0.05) is 0 Å². The molecule has 92 valence electrons. The van der Waals surface area contributed by atoms with Gasteiger partial charge in [0.1, 0.15) is 11.6 Å². The molecule has 1 saturated carbocycles. The summed E-state index contributed by atoms with van der Waals surface area (Å²) in [5.41, 5.74) is 0.0819. The fourth-order valence-corrected chi connectivity index (χ4v) is 1.88. The van der Waals surface area contributed by atoms with Crippen LogP contribution in [-0.4, -0.2) is 29.5 Å². The number of nitrogens with zero attached hydrogens (tertiary/aromatic N) is 3. The lowest BCUT2D eigenvalue weighted by Gasteiger charge is -2.21. The highest BCUT2D eigenvalue weighted by Crippen LogP contribution is 2.32. The molecule has 1 aromatic heterocycles. The summed E-state index contributed by atoms with van der Waals surface area (Å²) in [5.74, 6) is 1.22. The molecule has 0 radical (unpaired) electrons. The van der Waals surface area contributed by atoms with Crippen molar-refractivity contribution in [1.82, 2.24) is 4.98 Å². The van der Waals surface area contributed by atoms with Crippen LogP contribution < -0.4 is 10.2 Å². The zero-order valence-corrected chi connectivity index (χ0v) is 10.0. The van der Waals surface area contributed by atoms with E-state index in [0.717, 1.165) is 19.4 Å². The maximum atomic E-state index is 10.8. The molecule has 0 atom stereocenters. The summed E-state index contributed by atoms with van der Waals surface area (Å²) < 4.78 is 0. The van der Waals surface area contributed by atoms with Gasteiger partial charge in [0.2, 0.25) is 0 Å². The lowest BCUT2D eigenvalue weighted by atomic mass is 10.3. The van der Waals surface area contributed by atoms with Crippen molar-refractivity contribution in [2.45, 2.75) is 25.8 Å². The zero-order valence-electron chi connectivity index (χ0n) is 10.0. The highest BCUT2D eigenvalue weighted by molar-refractivity contribution is 5.56. The number of rotatable bonds is 5. The van der Waals surface area contributed by atoms with Crippen LogP contribution in [0.4, 0.5) is 17.3 Å². The Labute approximate surface area is 99.8 Å². The fourth-order valence-electron chi connectivity index (χ4n) is 1.88. The summed E-state index contributed by atoms with van der Waals surface area (Å²) in [4.78, 5) is 17.0. The molecule has 6 nitrogen and oxygen atoms in total. The van der Waals surface area contributed by atoms with E-state index in [1.54, 1.807) is 13.1 Å². The van der Waals surface area contributed by atoms with Crippen LogP contribution in [0.5, 0.6) is 0 Å². The largest absolute Gasteiger partial charge is 0.373 e. The summed E-state index contributed by atoms with van der Waals surface area (Å²) >= 11 is 0. The Morgan fingerprint density at radius 1 is 1.59 bits per heavy atom. The van der Waals surface area contributed by atoms with Gasteiger partial charge >= 0.3 is 0 Å². The molecular weight excluding hydrogens is 220 g/mol. The van der Waals surface area contributed by atoms with E-state index in [0.29, 0.717) is 17.7 Å². The number of pyridine rings is 1. The van der Waals surface area contributed by atoms with Crippen molar-refractivity contribution in [3.63, 3.8) is 0 Å². The number of aromatic nitrogens is 1. The van der Waals surface area contributed by atoms with Gasteiger partial charge < -0.3 is 10.2 Å². The van der Waals surface area contributed by atoms with Gasteiger partial charge in [-0.15, -0.1) is 0 Å². The number of hydrogen-bond donors (Lipinski definition) is 1. The van der Waals surface area contributed by atoms with E-state index in [2.05, 4.69) is 15.2 Å². The second kappa shape index (κ2) is 4.57.